The molecule has 7 heteroatoms. The van der Waals surface area contributed by atoms with Crippen LogP contribution in [0.5, 0.6) is 5.75 Å². The summed E-state index contributed by atoms with van der Waals surface area (Å²) in [5, 5.41) is 14.6. The van der Waals surface area contributed by atoms with Gasteiger partial charge in [-0.3, -0.25) is 0 Å². The summed E-state index contributed by atoms with van der Waals surface area (Å²) in [4.78, 5) is 16.6. The monoisotopic (exact) mass is 392 g/mol. The summed E-state index contributed by atoms with van der Waals surface area (Å²) < 4.78 is 5.58. The summed E-state index contributed by atoms with van der Waals surface area (Å²) in [7, 11) is 0. The summed E-state index contributed by atoms with van der Waals surface area (Å²) in [5.74, 6) is 0.590. The van der Waals surface area contributed by atoms with Crippen LogP contribution in [0.15, 0.2) is 39.7 Å². The van der Waals surface area contributed by atoms with Crippen LogP contribution in [-0.2, 0) is 19.4 Å². The maximum atomic E-state index is 12.4. The summed E-state index contributed by atoms with van der Waals surface area (Å²) in [6.45, 7) is 0.252. The Balaban J connectivity index is 0.00000196. The molecule has 2 heterocycles. The van der Waals surface area contributed by atoms with Crippen LogP contribution in [0.3, 0.4) is 0 Å². The molecule has 26 heavy (non-hydrogen) atoms. The zero-order valence-corrected chi connectivity index (χ0v) is 15.5. The molecule has 5 nitrogen and oxygen atoms in total. The number of phenols is 1. The van der Waals surface area contributed by atoms with E-state index >= 15 is 0 Å². The van der Waals surface area contributed by atoms with E-state index in [1.807, 2.05) is 18.2 Å². The maximum Gasteiger partial charge on any atom is 0.339 e. The van der Waals surface area contributed by atoms with Crippen molar-refractivity contribution in [1.29, 1.82) is 0 Å². The van der Waals surface area contributed by atoms with Crippen molar-refractivity contribution >= 4 is 40.8 Å². The normalized spacial score (nSPS) is 13.1. The van der Waals surface area contributed by atoms with Gasteiger partial charge in [-0.15, -0.1) is 12.4 Å². The first-order valence-corrected chi connectivity index (χ1v) is 8.66. The fraction of sp³-hybridized carbons (Fsp3) is 0.263. The molecule has 1 aromatic carbocycles. The van der Waals surface area contributed by atoms with E-state index in [4.69, 9.17) is 16.0 Å². The number of halogens is 2. The lowest BCUT2D eigenvalue weighted by Gasteiger charge is -2.18. The predicted octanol–water partition coefficient (Wildman–Crippen LogP) is 4.46. The predicted molar refractivity (Wildman–Crippen MR) is 105 cm³/mol. The lowest BCUT2D eigenvalue weighted by atomic mass is 9.90. The Labute approximate surface area is 161 Å². The minimum atomic E-state index is -0.317. The van der Waals surface area contributed by atoms with Gasteiger partial charge in [0.25, 0.3) is 0 Å². The van der Waals surface area contributed by atoms with Crippen molar-refractivity contribution in [3.05, 3.63) is 62.6 Å². The fourth-order valence-corrected chi connectivity index (χ4v) is 3.63. The molecule has 136 valence electrons. The third-order valence-corrected chi connectivity index (χ3v) is 4.94. The number of fused-ring (bicyclic) bond motifs is 3. The van der Waals surface area contributed by atoms with Crippen LogP contribution in [0, 0.1) is 0 Å². The Kier molecular flexibility index (Phi) is 5.39. The van der Waals surface area contributed by atoms with Gasteiger partial charge in [-0.25, -0.2) is 9.78 Å². The lowest BCUT2D eigenvalue weighted by molar-refractivity contribution is 0.465. The first kappa shape index (κ1) is 18.5. The Morgan fingerprint density at radius 3 is 2.73 bits per heavy atom. The molecule has 1 aliphatic carbocycles. The molecule has 0 saturated carbocycles. The number of rotatable bonds is 3. The number of aromatic hydroxyl groups is 1. The quantitative estimate of drug-likeness (QED) is 0.643. The molecule has 0 fully saturated rings. The smallest absolute Gasteiger partial charge is 0.339 e. The number of benzene rings is 1. The van der Waals surface area contributed by atoms with Gasteiger partial charge in [-0.1, -0.05) is 17.7 Å². The summed E-state index contributed by atoms with van der Waals surface area (Å²) >= 11 is 6.24. The van der Waals surface area contributed by atoms with Gasteiger partial charge in [-0.2, -0.15) is 0 Å². The largest absolute Gasteiger partial charge is 0.506 e. The van der Waals surface area contributed by atoms with Crippen molar-refractivity contribution in [1.82, 2.24) is 4.98 Å². The molecule has 0 spiro atoms. The summed E-state index contributed by atoms with van der Waals surface area (Å²) in [6, 6.07) is 7.20. The van der Waals surface area contributed by atoms with Crippen molar-refractivity contribution in [2.45, 2.75) is 32.2 Å². The van der Waals surface area contributed by atoms with Gasteiger partial charge in [0.15, 0.2) is 0 Å². The van der Waals surface area contributed by atoms with Crippen LogP contribution < -0.4 is 10.9 Å². The third kappa shape index (κ3) is 3.24. The van der Waals surface area contributed by atoms with Crippen LogP contribution in [0.25, 0.3) is 11.0 Å². The fourth-order valence-electron chi connectivity index (χ4n) is 3.41. The van der Waals surface area contributed by atoms with Gasteiger partial charge in [0.1, 0.15) is 17.2 Å². The minimum absolute atomic E-state index is 0. The van der Waals surface area contributed by atoms with Crippen LogP contribution in [0.2, 0.25) is 5.02 Å². The number of hydrogen-bond donors (Lipinski definition) is 2. The SMILES string of the molecule is Cl.O=c1oc2c(CNc3ccccn3)c(O)c(Cl)cc2c2c1CCCC2. The molecule has 0 atom stereocenters. The number of nitrogens with zero attached hydrogens (tertiary/aromatic N) is 1. The number of nitrogens with one attached hydrogen (secondary N) is 1. The average molecular weight is 393 g/mol. The molecule has 2 N–H and O–H groups in total. The number of phenolic OH excluding ortho intramolecular Hbond substituents is 1. The first-order valence-electron chi connectivity index (χ1n) is 8.29. The standard InChI is InChI=1S/C19H17ClN2O3.ClH/c20-15-9-13-11-5-1-2-6-12(11)19(24)25-18(13)14(17(15)23)10-22-16-7-3-4-8-21-16;/h3-4,7-9,23H,1-2,5-6,10H2,(H,21,22);1H. The van der Waals surface area contributed by atoms with Crippen LogP contribution in [0.4, 0.5) is 5.82 Å². The number of aryl methyl sites for hydroxylation is 1. The summed E-state index contributed by atoms with van der Waals surface area (Å²) in [5.41, 5.74) is 2.29. The molecule has 0 saturated heterocycles. The highest BCUT2D eigenvalue weighted by Crippen LogP contribution is 2.37. The average Bonchev–Trinajstić information content (AvgIpc) is 2.64. The highest BCUT2D eigenvalue weighted by atomic mass is 35.5. The number of pyridine rings is 1. The van der Waals surface area contributed by atoms with Gasteiger partial charge in [-0.05, 0) is 49.4 Å². The van der Waals surface area contributed by atoms with Crippen molar-refractivity contribution in [2.24, 2.45) is 0 Å². The first-order chi connectivity index (χ1) is 12.1. The van der Waals surface area contributed by atoms with Gasteiger partial charge in [0.05, 0.1) is 10.6 Å². The number of aromatic nitrogens is 1. The molecule has 0 bridgehead atoms. The Morgan fingerprint density at radius 1 is 1.23 bits per heavy atom. The molecular weight excluding hydrogens is 375 g/mol. The minimum Gasteiger partial charge on any atom is -0.506 e. The van der Waals surface area contributed by atoms with E-state index in [1.165, 1.54) is 0 Å². The second-order valence-corrected chi connectivity index (χ2v) is 6.59. The van der Waals surface area contributed by atoms with E-state index in [2.05, 4.69) is 10.3 Å². The van der Waals surface area contributed by atoms with Gasteiger partial charge < -0.3 is 14.8 Å². The van der Waals surface area contributed by atoms with E-state index in [1.54, 1.807) is 12.3 Å². The van der Waals surface area contributed by atoms with Crippen LogP contribution in [0.1, 0.15) is 29.5 Å². The third-order valence-electron chi connectivity index (χ3n) is 4.65. The molecule has 2 aromatic heterocycles. The highest BCUT2D eigenvalue weighted by Gasteiger charge is 2.22. The molecule has 0 radical (unpaired) electrons. The van der Waals surface area contributed by atoms with E-state index < -0.39 is 0 Å². The maximum absolute atomic E-state index is 12.4. The van der Waals surface area contributed by atoms with Gasteiger partial charge >= 0.3 is 5.63 Å². The Morgan fingerprint density at radius 2 is 2.00 bits per heavy atom. The molecule has 0 amide bonds. The number of hydrogen-bond acceptors (Lipinski definition) is 5. The zero-order chi connectivity index (χ0) is 17.4. The molecule has 1 aliphatic rings. The lowest BCUT2D eigenvalue weighted by Crippen LogP contribution is -2.16. The van der Waals surface area contributed by atoms with Crippen LogP contribution >= 0.6 is 24.0 Å². The molecule has 4 rings (SSSR count). The summed E-state index contributed by atoms with van der Waals surface area (Å²) in [6.07, 6.45) is 5.25. The zero-order valence-electron chi connectivity index (χ0n) is 13.9. The van der Waals surface area contributed by atoms with Crippen molar-refractivity contribution in [3.63, 3.8) is 0 Å². The second kappa shape index (κ2) is 7.56. The molecule has 0 unspecified atom stereocenters. The molecular formula is C19H18Cl2N2O3. The molecule has 0 aliphatic heterocycles. The van der Waals surface area contributed by atoms with E-state index in [-0.39, 0.29) is 35.3 Å². The number of anilines is 1. The van der Waals surface area contributed by atoms with Crippen molar-refractivity contribution in [3.8, 4) is 5.75 Å². The Hall–Kier alpha value is -2.24. The second-order valence-electron chi connectivity index (χ2n) is 6.18. The highest BCUT2D eigenvalue weighted by molar-refractivity contribution is 6.33. The van der Waals surface area contributed by atoms with E-state index in [0.717, 1.165) is 42.2 Å². The van der Waals surface area contributed by atoms with E-state index in [0.29, 0.717) is 17.0 Å². The van der Waals surface area contributed by atoms with Crippen LogP contribution in [-0.4, -0.2) is 10.1 Å². The van der Waals surface area contributed by atoms with Crippen molar-refractivity contribution in [2.75, 3.05) is 5.32 Å². The molecule has 3 aromatic rings. The van der Waals surface area contributed by atoms with Gasteiger partial charge in [0.2, 0.25) is 0 Å². The Bertz CT molecular complexity index is 1000. The topological polar surface area (TPSA) is 75.4 Å². The van der Waals surface area contributed by atoms with E-state index in [9.17, 15) is 9.90 Å². The van der Waals surface area contributed by atoms with Gasteiger partial charge in [0, 0.05) is 23.7 Å². The van der Waals surface area contributed by atoms with Crippen molar-refractivity contribution < 1.29 is 9.52 Å².